The van der Waals surface area contributed by atoms with Crippen LogP contribution in [0.5, 0.6) is 11.5 Å². The maximum atomic E-state index is 14.0. The van der Waals surface area contributed by atoms with Crippen LogP contribution in [-0.4, -0.2) is 45.0 Å². The molecule has 0 atom stereocenters. The van der Waals surface area contributed by atoms with Crippen molar-refractivity contribution >= 4 is 11.4 Å². The zero-order valence-corrected chi connectivity index (χ0v) is 16.1. The third-order valence-electron chi connectivity index (χ3n) is 5.27. The molecule has 150 valence electrons. The predicted octanol–water partition coefficient (Wildman–Crippen LogP) is 3.43. The summed E-state index contributed by atoms with van der Waals surface area (Å²) in [6.45, 7) is 7.21. The van der Waals surface area contributed by atoms with Crippen LogP contribution in [-0.2, 0) is 11.2 Å². The summed E-state index contributed by atoms with van der Waals surface area (Å²) in [4.78, 5) is 17.5. The van der Waals surface area contributed by atoms with E-state index in [1.165, 1.54) is 18.2 Å². The molecule has 0 radical (unpaired) electrons. The Labute approximate surface area is 167 Å². The molecule has 1 aliphatic heterocycles. The van der Waals surface area contributed by atoms with Gasteiger partial charge in [0, 0.05) is 30.8 Å². The normalized spacial score (nSPS) is 14.1. The Morgan fingerprint density at radius 1 is 1.41 bits per heavy atom. The third-order valence-corrected chi connectivity index (χ3v) is 5.27. The number of hydrogen-bond acceptors (Lipinski definition) is 4. The van der Waals surface area contributed by atoms with Crippen LogP contribution in [0.3, 0.4) is 0 Å². The highest BCUT2D eigenvalue weighted by molar-refractivity contribution is 5.87. The maximum Gasteiger partial charge on any atom is 0.245 e. The van der Waals surface area contributed by atoms with Crippen LogP contribution >= 0.6 is 0 Å². The summed E-state index contributed by atoms with van der Waals surface area (Å²) in [6.07, 6.45) is 7.22. The number of aromatic nitrogens is 2. The first-order valence-corrected chi connectivity index (χ1v) is 9.51. The Morgan fingerprint density at radius 3 is 2.93 bits per heavy atom. The number of rotatable bonds is 6. The largest absolute Gasteiger partial charge is 0.505 e. The Morgan fingerprint density at radius 2 is 2.21 bits per heavy atom. The van der Waals surface area contributed by atoms with Crippen molar-refractivity contribution in [1.29, 1.82) is 0 Å². The molecule has 3 aromatic rings. The van der Waals surface area contributed by atoms with E-state index in [0.29, 0.717) is 37.4 Å². The fourth-order valence-electron chi connectivity index (χ4n) is 3.62. The second-order valence-corrected chi connectivity index (χ2v) is 7.22. The number of aryl methyl sites for hydroxylation is 1. The number of aromatic hydroxyl groups is 1. The smallest absolute Gasteiger partial charge is 0.245 e. The van der Waals surface area contributed by atoms with Crippen LogP contribution in [0.1, 0.15) is 12.5 Å². The minimum absolute atomic E-state index is 0.0668. The number of nitrogens with zero attached hydrogens (tertiary/aromatic N) is 3. The number of halogens is 1. The van der Waals surface area contributed by atoms with Gasteiger partial charge in [-0.1, -0.05) is 13.5 Å². The van der Waals surface area contributed by atoms with Crippen LogP contribution in [0.25, 0.3) is 16.6 Å². The third kappa shape index (κ3) is 3.55. The van der Waals surface area contributed by atoms with Gasteiger partial charge in [0.1, 0.15) is 11.3 Å². The number of ether oxygens (including phenoxy) is 1. The van der Waals surface area contributed by atoms with Gasteiger partial charge in [0.25, 0.3) is 0 Å². The maximum absolute atomic E-state index is 14.0. The average Bonchev–Trinajstić information content (AvgIpc) is 3.16. The molecular formula is C22H22FN3O3. The topological polar surface area (TPSA) is 67.1 Å². The van der Waals surface area contributed by atoms with Crippen molar-refractivity contribution in [3.8, 4) is 22.6 Å². The standard InChI is InChI=1S/C22H22FN3O3/c1-3-15-5-20(27)18(23)7-17(15)16-6-21(19-8-24-13-26(19)11-16)29-12-14-9-25(10-14)22(28)4-2/h4-8,11,13-14,27H,2-3,9-10,12H2,1H3. The molecular weight excluding hydrogens is 373 g/mol. The molecule has 1 fully saturated rings. The van der Waals surface area contributed by atoms with Crippen molar-refractivity contribution in [3.63, 3.8) is 0 Å². The molecule has 1 saturated heterocycles. The molecule has 0 aliphatic carbocycles. The molecule has 7 heteroatoms. The minimum atomic E-state index is -0.660. The number of phenols is 1. The summed E-state index contributed by atoms with van der Waals surface area (Å²) in [5.74, 6) is -0.184. The number of carbonyl (C=O) groups excluding carboxylic acids is 1. The number of carbonyl (C=O) groups is 1. The molecule has 1 N–H and O–H groups in total. The Bertz CT molecular complexity index is 1090. The van der Waals surface area contributed by atoms with Gasteiger partial charge in [-0.3, -0.25) is 4.79 Å². The fraction of sp³-hybridized carbons (Fsp3) is 0.273. The SMILES string of the molecule is C=CC(=O)N1CC(COc2cc(-c3cc(F)c(O)cc3CC)cn3cncc23)C1. The molecule has 4 rings (SSSR count). The minimum Gasteiger partial charge on any atom is -0.505 e. The van der Waals surface area contributed by atoms with Crippen molar-refractivity contribution in [3.05, 3.63) is 61.0 Å². The number of benzene rings is 1. The summed E-state index contributed by atoms with van der Waals surface area (Å²) in [6, 6.07) is 4.68. The van der Waals surface area contributed by atoms with Crippen LogP contribution < -0.4 is 4.74 Å². The van der Waals surface area contributed by atoms with E-state index in [-0.39, 0.29) is 17.6 Å². The van der Waals surface area contributed by atoms with E-state index in [4.69, 9.17) is 4.74 Å². The second-order valence-electron chi connectivity index (χ2n) is 7.22. The number of fused-ring (bicyclic) bond motifs is 1. The Balaban J connectivity index is 1.61. The lowest BCUT2D eigenvalue weighted by Gasteiger charge is -2.38. The van der Waals surface area contributed by atoms with Crippen molar-refractivity contribution < 1.29 is 19.0 Å². The molecule has 1 aliphatic rings. The van der Waals surface area contributed by atoms with Crippen LogP contribution in [0, 0.1) is 11.7 Å². The van der Waals surface area contributed by atoms with E-state index in [9.17, 15) is 14.3 Å². The first kappa shape index (κ1) is 19.0. The average molecular weight is 395 g/mol. The number of phenolic OH excluding ortho intramolecular Hbond substituents is 1. The van der Waals surface area contributed by atoms with Gasteiger partial charge in [0.05, 0.1) is 19.1 Å². The van der Waals surface area contributed by atoms with Gasteiger partial charge in [0.15, 0.2) is 11.6 Å². The van der Waals surface area contributed by atoms with Gasteiger partial charge < -0.3 is 19.1 Å². The molecule has 6 nitrogen and oxygen atoms in total. The van der Waals surface area contributed by atoms with E-state index >= 15 is 0 Å². The lowest BCUT2D eigenvalue weighted by molar-refractivity contribution is -0.132. The molecule has 0 spiro atoms. The number of likely N-dealkylation sites (tertiary alicyclic amines) is 1. The second kappa shape index (κ2) is 7.58. The predicted molar refractivity (Wildman–Crippen MR) is 107 cm³/mol. The first-order chi connectivity index (χ1) is 14.0. The Kier molecular flexibility index (Phi) is 4.96. The molecule has 29 heavy (non-hydrogen) atoms. The molecule has 0 saturated carbocycles. The van der Waals surface area contributed by atoms with E-state index in [2.05, 4.69) is 11.6 Å². The summed E-state index contributed by atoms with van der Waals surface area (Å²) in [5.41, 5.74) is 3.13. The Hall–Kier alpha value is -3.35. The summed E-state index contributed by atoms with van der Waals surface area (Å²) < 4.78 is 21.9. The van der Waals surface area contributed by atoms with Gasteiger partial charge in [-0.25, -0.2) is 9.37 Å². The zero-order valence-electron chi connectivity index (χ0n) is 16.1. The highest BCUT2D eigenvalue weighted by Gasteiger charge is 2.29. The van der Waals surface area contributed by atoms with Crippen molar-refractivity contribution in [2.75, 3.05) is 19.7 Å². The van der Waals surface area contributed by atoms with E-state index in [1.807, 2.05) is 23.6 Å². The number of imidazole rings is 1. The van der Waals surface area contributed by atoms with Gasteiger partial charge in [-0.2, -0.15) is 0 Å². The summed E-state index contributed by atoms with van der Waals surface area (Å²) in [5, 5.41) is 9.70. The quantitative estimate of drug-likeness (QED) is 0.650. The molecule has 0 bridgehead atoms. The molecule has 1 aromatic carbocycles. The molecule has 3 heterocycles. The van der Waals surface area contributed by atoms with Crippen LogP contribution in [0.15, 0.2) is 49.6 Å². The summed E-state index contributed by atoms with van der Waals surface area (Å²) >= 11 is 0. The molecule has 2 aromatic heterocycles. The van der Waals surface area contributed by atoms with Gasteiger partial charge >= 0.3 is 0 Å². The monoisotopic (exact) mass is 395 g/mol. The van der Waals surface area contributed by atoms with Gasteiger partial charge in [-0.05, 0) is 41.8 Å². The van der Waals surface area contributed by atoms with Gasteiger partial charge in [-0.15, -0.1) is 0 Å². The van der Waals surface area contributed by atoms with E-state index in [0.717, 1.165) is 16.6 Å². The number of amides is 1. The summed E-state index contributed by atoms with van der Waals surface area (Å²) in [7, 11) is 0. The van der Waals surface area contributed by atoms with Crippen LogP contribution in [0.2, 0.25) is 0 Å². The van der Waals surface area contributed by atoms with E-state index < -0.39 is 5.82 Å². The van der Waals surface area contributed by atoms with Crippen LogP contribution in [0.4, 0.5) is 4.39 Å². The first-order valence-electron chi connectivity index (χ1n) is 9.51. The number of hydrogen-bond donors (Lipinski definition) is 1. The fourth-order valence-corrected chi connectivity index (χ4v) is 3.62. The molecule has 1 amide bonds. The highest BCUT2D eigenvalue weighted by atomic mass is 19.1. The molecule has 0 unspecified atom stereocenters. The van der Waals surface area contributed by atoms with Crippen molar-refractivity contribution in [2.24, 2.45) is 5.92 Å². The zero-order chi connectivity index (χ0) is 20.5. The number of pyridine rings is 1. The van der Waals surface area contributed by atoms with Crippen molar-refractivity contribution in [2.45, 2.75) is 13.3 Å². The van der Waals surface area contributed by atoms with E-state index in [1.54, 1.807) is 17.4 Å². The lowest BCUT2D eigenvalue weighted by Crippen LogP contribution is -2.51. The van der Waals surface area contributed by atoms with Crippen molar-refractivity contribution in [1.82, 2.24) is 14.3 Å². The van der Waals surface area contributed by atoms with Gasteiger partial charge in [0.2, 0.25) is 5.91 Å². The lowest BCUT2D eigenvalue weighted by atomic mass is 9.98. The highest BCUT2D eigenvalue weighted by Crippen LogP contribution is 2.34.